The molecule has 2 aromatic rings. The molecule has 0 bridgehead atoms. The minimum atomic E-state index is 0.553. The number of aromatic nitrogens is 1. The number of guanidine groups is 1. The van der Waals surface area contributed by atoms with Gasteiger partial charge in [-0.1, -0.05) is 29.4 Å². The van der Waals surface area contributed by atoms with Crippen LogP contribution in [0.5, 0.6) is 0 Å². The highest BCUT2D eigenvalue weighted by Gasteiger charge is 2.20. The van der Waals surface area contributed by atoms with Crippen LogP contribution in [-0.4, -0.2) is 36.7 Å². The van der Waals surface area contributed by atoms with Crippen LogP contribution in [0.1, 0.15) is 35.6 Å². The number of benzene rings is 1. The lowest BCUT2D eigenvalue weighted by molar-refractivity contribution is 0.390. The molecule has 0 saturated carbocycles. The van der Waals surface area contributed by atoms with E-state index in [1.54, 1.807) is 6.26 Å². The topological polar surface area (TPSA) is 53.7 Å². The first-order valence-corrected chi connectivity index (χ1v) is 8.16. The predicted molar refractivity (Wildman–Crippen MR) is 91.5 cm³/mol. The van der Waals surface area contributed by atoms with Crippen molar-refractivity contribution in [2.24, 2.45) is 4.99 Å². The standard InChI is InChI=1S/C18H24N4O/c1-19-18(22(2)13-16-10-11-23-21-16)20-12-15-8-5-7-14-6-3-4-9-17(14)15/h3-4,6,9-11,15H,5,7-8,12-13H2,1-2H3,(H,19,20). The molecule has 1 aromatic heterocycles. The second kappa shape index (κ2) is 7.31. The van der Waals surface area contributed by atoms with Crippen LogP contribution in [0.25, 0.3) is 0 Å². The zero-order valence-corrected chi connectivity index (χ0v) is 13.8. The van der Waals surface area contributed by atoms with E-state index in [0.29, 0.717) is 12.5 Å². The monoisotopic (exact) mass is 312 g/mol. The number of nitrogens with one attached hydrogen (secondary N) is 1. The summed E-state index contributed by atoms with van der Waals surface area (Å²) in [5.41, 5.74) is 3.89. The van der Waals surface area contributed by atoms with Gasteiger partial charge in [0.15, 0.2) is 5.96 Å². The third-order valence-corrected chi connectivity index (χ3v) is 4.46. The molecule has 3 rings (SSSR count). The SMILES string of the molecule is CN=C(NCC1CCCc2ccccc21)N(C)Cc1ccon1. The maximum atomic E-state index is 4.89. The fourth-order valence-corrected chi connectivity index (χ4v) is 3.30. The van der Waals surface area contributed by atoms with Crippen molar-refractivity contribution in [2.75, 3.05) is 20.6 Å². The molecule has 0 spiro atoms. The van der Waals surface area contributed by atoms with Crippen LogP contribution in [0, 0.1) is 0 Å². The van der Waals surface area contributed by atoms with E-state index in [1.165, 1.54) is 30.4 Å². The van der Waals surface area contributed by atoms with Crippen LogP contribution in [-0.2, 0) is 13.0 Å². The van der Waals surface area contributed by atoms with E-state index in [0.717, 1.165) is 18.2 Å². The highest BCUT2D eigenvalue weighted by molar-refractivity contribution is 5.79. The summed E-state index contributed by atoms with van der Waals surface area (Å²) in [5.74, 6) is 1.44. The Morgan fingerprint density at radius 1 is 1.39 bits per heavy atom. The van der Waals surface area contributed by atoms with Crippen molar-refractivity contribution < 1.29 is 4.52 Å². The van der Waals surface area contributed by atoms with E-state index in [-0.39, 0.29) is 0 Å². The molecule has 1 N–H and O–H groups in total. The van der Waals surface area contributed by atoms with E-state index in [1.807, 2.05) is 20.2 Å². The average molecular weight is 312 g/mol. The first-order chi connectivity index (χ1) is 11.3. The Labute approximate surface area is 137 Å². The lowest BCUT2D eigenvalue weighted by Gasteiger charge is -2.28. The highest BCUT2D eigenvalue weighted by atomic mass is 16.5. The second-order valence-corrected chi connectivity index (χ2v) is 6.06. The minimum Gasteiger partial charge on any atom is -0.364 e. The lowest BCUT2D eigenvalue weighted by Crippen LogP contribution is -2.40. The third-order valence-electron chi connectivity index (χ3n) is 4.46. The van der Waals surface area contributed by atoms with E-state index in [9.17, 15) is 0 Å². The first kappa shape index (κ1) is 15.6. The van der Waals surface area contributed by atoms with Gasteiger partial charge in [-0.15, -0.1) is 0 Å². The third kappa shape index (κ3) is 3.73. The molecular weight excluding hydrogens is 288 g/mol. The Morgan fingerprint density at radius 3 is 3.04 bits per heavy atom. The molecule has 5 nitrogen and oxygen atoms in total. The molecular formula is C18H24N4O. The summed E-state index contributed by atoms with van der Waals surface area (Å²) in [5, 5.41) is 7.46. The predicted octanol–water partition coefficient (Wildman–Crippen LogP) is 2.80. The maximum absolute atomic E-state index is 4.89. The summed E-state index contributed by atoms with van der Waals surface area (Å²) in [6.45, 7) is 1.59. The summed E-state index contributed by atoms with van der Waals surface area (Å²) in [6.07, 6.45) is 5.29. The van der Waals surface area contributed by atoms with E-state index in [2.05, 4.69) is 44.6 Å². The quantitative estimate of drug-likeness (QED) is 0.697. The van der Waals surface area contributed by atoms with Gasteiger partial charge in [-0.25, -0.2) is 0 Å². The van der Waals surface area contributed by atoms with Crippen LogP contribution < -0.4 is 5.32 Å². The fraction of sp³-hybridized carbons (Fsp3) is 0.444. The van der Waals surface area contributed by atoms with Gasteiger partial charge in [0.05, 0.1) is 6.54 Å². The van der Waals surface area contributed by atoms with Crippen LogP contribution in [0.4, 0.5) is 0 Å². The molecule has 0 amide bonds. The van der Waals surface area contributed by atoms with Crippen molar-refractivity contribution in [3.05, 3.63) is 53.4 Å². The van der Waals surface area contributed by atoms with Crippen molar-refractivity contribution in [3.63, 3.8) is 0 Å². The zero-order valence-electron chi connectivity index (χ0n) is 13.8. The van der Waals surface area contributed by atoms with Crippen LogP contribution in [0.3, 0.4) is 0 Å². The van der Waals surface area contributed by atoms with Crippen molar-refractivity contribution in [1.29, 1.82) is 0 Å². The molecule has 0 saturated heterocycles. The summed E-state index contributed by atoms with van der Waals surface area (Å²) in [6, 6.07) is 10.7. The van der Waals surface area contributed by atoms with Gasteiger partial charge < -0.3 is 14.7 Å². The van der Waals surface area contributed by atoms with E-state index >= 15 is 0 Å². The number of aliphatic imine (C=N–C) groups is 1. The molecule has 5 heteroatoms. The van der Waals surface area contributed by atoms with Crippen molar-refractivity contribution >= 4 is 5.96 Å². The number of rotatable bonds is 4. The van der Waals surface area contributed by atoms with Gasteiger partial charge in [0.1, 0.15) is 12.0 Å². The number of nitrogens with zero attached hydrogens (tertiary/aromatic N) is 3. The summed E-state index contributed by atoms with van der Waals surface area (Å²) in [4.78, 5) is 6.44. The molecule has 1 aromatic carbocycles. The second-order valence-electron chi connectivity index (χ2n) is 6.06. The smallest absolute Gasteiger partial charge is 0.193 e. The number of hydrogen-bond donors (Lipinski definition) is 1. The Morgan fingerprint density at radius 2 is 2.26 bits per heavy atom. The first-order valence-electron chi connectivity index (χ1n) is 8.16. The maximum Gasteiger partial charge on any atom is 0.193 e. The van der Waals surface area contributed by atoms with Gasteiger partial charge in [0.25, 0.3) is 0 Å². The van der Waals surface area contributed by atoms with Gasteiger partial charge in [-0.05, 0) is 30.4 Å². The van der Waals surface area contributed by atoms with Gasteiger partial charge in [-0.2, -0.15) is 0 Å². The van der Waals surface area contributed by atoms with Gasteiger partial charge in [0.2, 0.25) is 0 Å². The highest BCUT2D eigenvalue weighted by Crippen LogP contribution is 2.30. The molecule has 122 valence electrons. The molecule has 0 fully saturated rings. The Balaban J connectivity index is 1.60. The largest absolute Gasteiger partial charge is 0.364 e. The molecule has 1 aliphatic carbocycles. The summed E-state index contributed by atoms with van der Waals surface area (Å²) >= 11 is 0. The molecule has 1 heterocycles. The van der Waals surface area contributed by atoms with Crippen LogP contribution in [0.15, 0.2) is 46.1 Å². The molecule has 1 atom stereocenters. The van der Waals surface area contributed by atoms with Gasteiger partial charge in [-0.3, -0.25) is 4.99 Å². The molecule has 0 aliphatic heterocycles. The Bertz CT molecular complexity index is 651. The minimum absolute atomic E-state index is 0.553. The average Bonchev–Trinajstić information content (AvgIpc) is 3.08. The van der Waals surface area contributed by atoms with Crippen LogP contribution >= 0.6 is 0 Å². The Hall–Kier alpha value is -2.30. The van der Waals surface area contributed by atoms with Crippen molar-refractivity contribution in [1.82, 2.24) is 15.4 Å². The number of hydrogen-bond acceptors (Lipinski definition) is 3. The summed E-state index contributed by atoms with van der Waals surface area (Å²) in [7, 11) is 3.83. The molecule has 1 aliphatic rings. The van der Waals surface area contributed by atoms with E-state index < -0.39 is 0 Å². The molecule has 23 heavy (non-hydrogen) atoms. The summed E-state index contributed by atoms with van der Waals surface area (Å²) < 4.78 is 4.89. The Kier molecular flexibility index (Phi) is 4.95. The van der Waals surface area contributed by atoms with Crippen molar-refractivity contribution in [3.8, 4) is 0 Å². The lowest BCUT2D eigenvalue weighted by atomic mass is 9.83. The number of aryl methyl sites for hydroxylation is 1. The van der Waals surface area contributed by atoms with Crippen LogP contribution in [0.2, 0.25) is 0 Å². The normalized spacial score (nSPS) is 17.7. The zero-order chi connectivity index (χ0) is 16.1. The number of fused-ring (bicyclic) bond motifs is 1. The fourth-order valence-electron chi connectivity index (χ4n) is 3.30. The molecule has 1 unspecified atom stereocenters. The van der Waals surface area contributed by atoms with Gasteiger partial charge in [0, 0.05) is 32.6 Å². The van der Waals surface area contributed by atoms with E-state index in [4.69, 9.17) is 4.52 Å². The molecule has 0 radical (unpaired) electrons. The van der Waals surface area contributed by atoms with Gasteiger partial charge >= 0.3 is 0 Å². The van der Waals surface area contributed by atoms with Crippen molar-refractivity contribution in [2.45, 2.75) is 31.7 Å².